The van der Waals surface area contributed by atoms with E-state index >= 15 is 0 Å². The predicted molar refractivity (Wildman–Crippen MR) is 103 cm³/mol. The normalized spacial score (nSPS) is 11.0. The second kappa shape index (κ2) is 7.27. The van der Waals surface area contributed by atoms with Gasteiger partial charge >= 0.3 is 0 Å². The Morgan fingerprint density at radius 3 is 2.58 bits per heavy atom. The Labute approximate surface area is 159 Å². The average molecular weight is 381 g/mol. The summed E-state index contributed by atoms with van der Waals surface area (Å²) >= 11 is 7.24. The highest BCUT2D eigenvalue weighted by atomic mass is 35.5. The maximum atomic E-state index is 12.4. The summed E-state index contributed by atoms with van der Waals surface area (Å²) in [5, 5.41) is 6.59. The van der Waals surface area contributed by atoms with Crippen molar-refractivity contribution in [1.29, 1.82) is 0 Å². The van der Waals surface area contributed by atoms with Crippen molar-refractivity contribution < 1.29 is 4.79 Å². The SMILES string of the molecule is O=C(CSc1ncnc2c1cnn2-c1ccccc1)c1ccc(Cl)cc1. The van der Waals surface area contributed by atoms with Gasteiger partial charge in [0.1, 0.15) is 11.4 Å². The fraction of sp³-hybridized carbons (Fsp3) is 0.0526. The van der Waals surface area contributed by atoms with Crippen LogP contribution in [0.5, 0.6) is 0 Å². The Morgan fingerprint density at radius 1 is 1.04 bits per heavy atom. The monoisotopic (exact) mass is 380 g/mol. The summed E-state index contributed by atoms with van der Waals surface area (Å²) < 4.78 is 1.77. The molecule has 2 heterocycles. The smallest absolute Gasteiger partial charge is 0.173 e. The number of aromatic nitrogens is 4. The molecular weight excluding hydrogens is 368 g/mol. The van der Waals surface area contributed by atoms with Gasteiger partial charge in [-0.15, -0.1) is 0 Å². The van der Waals surface area contributed by atoms with Crippen LogP contribution in [0.15, 0.2) is 72.1 Å². The Hall–Kier alpha value is -2.70. The number of thioether (sulfide) groups is 1. The van der Waals surface area contributed by atoms with Crippen LogP contribution < -0.4 is 0 Å². The van der Waals surface area contributed by atoms with Gasteiger partial charge in [0.25, 0.3) is 0 Å². The third-order valence-corrected chi connectivity index (χ3v) is 5.09. The lowest BCUT2D eigenvalue weighted by atomic mass is 10.1. The van der Waals surface area contributed by atoms with Crippen LogP contribution in [0.4, 0.5) is 0 Å². The molecule has 0 spiro atoms. The van der Waals surface area contributed by atoms with Crippen molar-refractivity contribution >= 4 is 40.2 Å². The molecule has 4 rings (SSSR count). The van der Waals surface area contributed by atoms with Gasteiger partial charge in [-0.3, -0.25) is 4.79 Å². The van der Waals surface area contributed by atoms with E-state index in [0.29, 0.717) is 16.2 Å². The Morgan fingerprint density at radius 2 is 1.81 bits per heavy atom. The van der Waals surface area contributed by atoms with E-state index in [1.54, 1.807) is 35.1 Å². The van der Waals surface area contributed by atoms with Crippen molar-refractivity contribution in [2.75, 3.05) is 5.75 Å². The molecule has 0 bridgehead atoms. The van der Waals surface area contributed by atoms with E-state index in [4.69, 9.17) is 11.6 Å². The zero-order valence-electron chi connectivity index (χ0n) is 13.5. The number of nitrogens with zero attached hydrogens (tertiary/aromatic N) is 4. The van der Waals surface area contributed by atoms with Crippen LogP contribution in [-0.2, 0) is 0 Å². The summed E-state index contributed by atoms with van der Waals surface area (Å²) in [5.74, 6) is 0.304. The van der Waals surface area contributed by atoms with Gasteiger partial charge in [0.15, 0.2) is 11.4 Å². The topological polar surface area (TPSA) is 60.7 Å². The molecule has 0 radical (unpaired) electrons. The highest BCUT2D eigenvalue weighted by Crippen LogP contribution is 2.26. The maximum absolute atomic E-state index is 12.4. The van der Waals surface area contributed by atoms with Crippen molar-refractivity contribution in [3.63, 3.8) is 0 Å². The molecule has 0 aliphatic carbocycles. The molecule has 0 saturated carbocycles. The summed E-state index contributed by atoms with van der Waals surface area (Å²) in [4.78, 5) is 21.0. The standard InChI is InChI=1S/C19H13ClN4OS/c20-14-8-6-13(7-9-14)17(25)11-26-19-16-10-23-24(18(16)21-12-22-19)15-4-2-1-3-5-15/h1-10,12H,11H2. The van der Waals surface area contributed by atoms with Gasteiger partial charge in [0, 0.05) is 10.6 Å². The molecule has 0 aliphatic heterocycles. The molecule has 5 nitrogen and oxygen atoms in total. The number of carbonyl (C=O) groups excluding carboxylic acids is 1. The van der Waals surface area contributed by atoms with Crippen molar-refractivity contribution in [1.82, 2.24) is 19.7 Å². The first kappa shape index (κ1) is 16.8. The van der Waals surface area contributed by atoms with Gasteiger partial charge in [-0.05, 0) is 36.4 Å². The number of para-hydroxylation sites is 1. The summed E-state index contributed by atoms with van der Waals surface area (Å²) in [6.45, 7) is 0. The quantitative estimate of drug-likeness (QED) is 0.291. The first-order valence-electron chi connectivity index (χ1n) is 7.88. The van der Waals surface area contributed by atoms with E-state index in [0.717, 1.165) is 16.1 Å². The van der Waals surface area contributed by atoms with Crippen LogP contribution >= 0.6 is 23.4 Å². The first-order valence-corrected chi connectivity index (χ1v) is 9.24. The predicted octanol–water partition coefficient (Wildman–Crippen LogP) is 4.44. The van der Waals surface area contributed by atoms with Gasteiger partial charge in [-0.2, -0.15) is 5.10 Å². The van der Waals surface area contributed by atoms with Gasteiger partial charge in [-0.1, -0.05) is 41.6 Å². The zero-order valence-corrected chi connectivity index (χ0v) is 15.1. The van der Waals surface area contributed by atoms with Gasteiger partial charge < -0.3 is 0 Å². The van der Waals surface area contributed by atoms with Crippen LogP contribution in [0.25, 0.3) is 16.7 Å². The van der Waals surface area contributed by atoms with E-state index < -0.39 is 0 Å². The molecule has 0 atom stereocenters. The fourth-order valence-electron chi connectivity index (χ4n) is 2.55. The van der Waals surface area contributed by atoms with E-state index in [1.165, 1.54) is 18.1 Å². The molecule has 7 heteroatoms. The molecule has 4 aromatic rings. The highest BCUT2D eigenvalue weighted by molar-refractivity contribution is 8.00. The zero-order chi connectivity index (χ0) is 17.9. The molecule has 0 amide bonds. The first-order chi connectivity index (χ1) is 12.7. The molecule has 0 N–H and O–H groups in total. The number of halogens is 1. The summed E-state index contributed by atoms with van der Waals surface area (Å²) in [6.07, 6.45) is 3.23. The average Bonchev–Trinajstić information content (AvgIpc) is 3.12. The number of benzene rings is 2. The number of fused-ring (bicyclic) bond motifs is 1. The molecule has 0 fully saturated rings. The lowest BCUT2D eigenvalue weighted by Crippen LogP contribution is -2.02. The molecule has 0 saturated heterocycles. The summed E-state index contributed by atoms with van der Waals surface area (Å²) in [7, 11) is 0. The third-order valence-electron chi connectivity index (χ3n) is 3.84. The van der Waals surface area contributed by atoms with Gasteiger partial charge in [-0.25, -0.2) is 14.6 Å². The fourth-order valence-corrected chi connectivity index (χ4v) is 3.53. The molecular formula is C19H13ClN4OS. The lowest BCUT2D eigenvalue weighted by molar-refractivity contribution is 0.102. The highest BCUT2D eigenvalue weighted by Gasteiger charge is 2.13. The van der Waals surface area contributed by atoms with Crippen molar-refractivity contribution in [3.05, 3.63) is 77.7 Å². The van der Waals surface area contributed by atoms with Crippen LogP contribution in [0.3, 0.4) is 0 Å². The molecule has 0 aliphatic rings. The van der Waals surface area contributed by atoms with Crippen molar-refractivity contribution in [2.24, 2.45) is 0 Å². The summed E-state index contributed by atoms with van der Waals surface area (Å²) in [5.41, 5.74) is 2.27. The van der Waals surface area contributed by atoms with Crippen LogP contribution in [0.1, 0.15) is 10.4 Å². The minimum Gasteiger partial charge on any atom is -0.293 e. The van der Waals surface area contributed by atoms with Crippen LogP contribution in [0, 0.1) is 0 Å². The van der Waals surface area contributed by atoms with E-state index in [2.05, 4.69) is 15.1 Å². The number of ketones is 1. The Balaban J connectivity index is 1.58. The largest absolute Gasteiger partial charge is 0.293 e. The van der Waals surface area contributed by atoms with Crippen LogP contribution in [-0.4, -0.2) is 31.3 Å². The molecule has 128 valence electrons. The van der Waals surface area contributed by atoms with Crippen molar-refractivity contribution in [2.45, 2.75) is 5.03 Å². The number of rotatable bonds is 5. The van der Waals surface area contributed by atoms with E-state index in [1.807, 2.05) is 30.3 Å². The minimum absolute atomic E-state index is 0.0221. The van der Waals surface area contributed by atoms with E-state index in [9.17, 15) is 4.79 Å². The second-order valence-electron chi connectivity index (χ2n) is 5.53. The second-order valence-corrected chi connectivity index (χ2v) is 6.93. The van der Waals surface area contributed by atoms with Crippen LogP contribution in [0.2, 0.25) is 5.02 Å². The molecule has 2 aromatic heterocycles. The number of hydrogen-bond donors (Lipinski definition) is 0. The molecule has 2 aromatic carbocycles. The Bertz CT molecular complexity index is 1060. The minimum atomic E-state index is 0.0221. The molecule has 0 unspecified atom stereocenters. The lowest BCUT2D eigenvalue weighted by Gasteiger charge is -2.04. The maximum Gasteiger partial charge on any atom is 0.173 e. The summed E-state index contributed by atoms with van der Waals surface area (Å²) in [6, 6.07) is 16.7. The van der Waals surface area contributed by atoms with E-state index in [-0.39, 0.29) is 11.5 Å². The van der Waals surface area contributed by atoms with Gasteiger partial charge in [0.2, 0.25) is 0 Å². The van der Waals surface area contributed by atoms with Gasteiger partial charge in [0.05, 0.1) is 23.0 Å². The Kier molecular flexibility index (Phi) is 4.69. The van der Waals surface area contributed by atoms with Crippen molar-refractivity contribution in [3.8, 4) is 5.69 Å². The number of Topliss-reactive ketones (excluding diaryl/α,β-unsaturated/α-hetero) is 1. The number of carbonyl (C=O) groups is 1. The molecule has 26 heavy (non-hydrogen) atoms. The number of hydrogen-bond acceptors (Lipinski definition) is 5. The third kappa shape index (κ3) is 3.34.